The monoisotopic (exact) mass is 253 g/mol. The van der Waals surface area contributed by atoms with Crippen LogP contribution in [0, 0.1) is 15.9 Å². The standard InChI is InChI=1S/C6H2BrClFNO2/c7-3-1-4(8)5(9)2-6(3)10(11)12/h1-2H. The molecule has 0 atom stereocenters. The maximum Gasteiger partial charge on any atom is 0.286 e. The van der Waals surface area contributed by atoms with Crippen LogP contribution in [0.15, 0.2) is 16.6 Å². The molecule has 0 saturated heterocycles. The van der Waals surface area contributed by atoms with Crippen LogP contribution in [0.5, 0.6) is 0 Å². The second-order valence-corrected chi connectivity index (χ2v) is 3.24. The van der Waals surface area contributed by atoms with E-state index in [2.05, 4.69) is 15.9 Å². The van der Waals surface area contributed by atoms with Crippen LogP contribution in [0.4, 0.5) is 10.1 Å². The van der Waals surface area contributed by atoms with Gasteiger partial charge in [0.05, 0.1) is 20.5 Å². The Bertz CT molecular complexity index is 345. The largest absolute Gasteiger partial charge is 0.286 e. The van der Waals surface area contributed by atoms with Gasteiger partial charge in [0.15, 0.2) is 0 Å². The molecule has 0 aliphatic rings. The van der Waals surface area contributed by atoms with E-state index in [1.807, 2.05) is 0 Å². The minimum atomic E-state index is -0.799. The van der Waals surface area contributed by atoms with Crippen LogP contribution in [-0.4, -0.2) is 4.92 Å². The Labute approximate surface area is 80.4 Å². The van der Waals surface area contributed by atoms with E-state index < -0.39 is 10.7 Å². The van der Waals surface area contributed by atoms with E-state index in [9.17, 15) is 14.5 Å². The van der Waals surface area contributed by atoms with Crippen LogP contribution in [-0.2, 0) is 0 Å². The lowest BCUT2D eigenvalue weighted by Crippen LogP contribution is -1.90. The smallest absolute Gasteiger partial charge is 0.258 e. The van der Waals surface area contributed by atoms with E-state index in [-0.39, 0.29) is 15.2 Å². The van der Waals surface area contributed by atoms with Gasteiger partial charge in [-0.3, -0.25) is 10.1 Å². The summed E-state index contributed by atoms with van der Waals surface area (Å²) in [5.41, 5.74) is -0.336. The third-order valence-corrected chi connectivity index (χ3v) is 2.11. The molecule has 0 aromatic heterocycles. The van der Waals surface area contributed by atoms with Gasteiger partial charge in [0.2, 0.25) is 0 Å². The highest BCUT2D eigenvalue weighted by Crippen LogP contribution is 2.29. The van der Waals surface area contributed by atoms with Crippen molar-refractivity contribution in [2.75, 3.05) is 0 Å². The van der Waals surface area contributed by atoms with Crippen molar-refractivity contribution in [1.82, 2.24) is 0 Å². The van der Waals surface area contributed by atoms with Crippen LogP contribution in [0.3, 0.4) is 0 Å². The molecule has 0 spiro atoms. The number of benzene rings is 1. The predicted molar refractivity (Wildman–Crippen MR) is 45.8 cm³/mol. The van der Waals surface area contributed by atoms with Crippen LogP contribution in [0.2, 0.25) is 5.02 Å². The topological polar surface area (TPSA) is 43.1 Å². The Morgan fingerprint density at radius 2 is 2.17 bits per heavy atom. The van der Waals surface area contributed by atoms with Gasteiger partial charge in [0.1, 0.15) is 5.82 Å². The fourth-order valence-electron chi connectivity index (χ4n) is 0.652. The average molecular weight is 254 g/mol. The number of hydrogen-bond donors (Lipinski definition) is 0. The molecule has 6 heteroatoms. The van der Waals surface area contributed by atoms with E-state index in [4.69, 9.17) is 11.6 Å². The first-order chi connectivity index (χ1) is 5.52. The fraction of sp³-hybridized carbons (Fsp3) is 0. The van der Waals surface area contributed by atoms with Gasteiger partial charge in [-0.1, -0.05) is 11.6 Å². The van der Waals surface area contributed by atoms with Crippen molar-refractivity contribution >= 4 is 33.2 Å². The summed E-state index contributed by atoms with van der Waals surface area (Å²) in [7, 11) is 0. The Kier molecular flexibility index (Phi) is 2.64. The van der Waals surface area contributed by atoms with E-state index in [0.29, 0.717) is 0 Å². The molecule has 0 aliphatic heterocycles. The van der Waals surface area contributed by atoms with Gasteiger partial charge < -0.3 is 0 Å². The summed E-state index contributed by atoms with van der Waals surface area (Å²) in [5, 5.41) is 10.1. The van der Waals surface area contributed by atoms with Crippen molar-refractivity contribution in [1.29, 1.82) is 0 Å². The zero-order chi connectivity index (χ0) is 9.30. The SMILES string of the molecule is O=[N+]([O-])c1cc(F)c(Cl)cc1Br. The predicted octanol–water partition coefficient (Wildman–Crippen LogP) is 3.15. The first-order valence-corrected chi connectivity index (χ1v) is 3.98. The highest BCUT2D eigenvalue weighted by molar-refractivity contribution is 9.10. The van der Waals surface area contributed by atoms with E-state index in [1.54, 1.807) is 0 Å². The first kappa shape index (κ1) is 9.41. The molecule has 0 heterocycles. The molecule has 1 aromatic carbocycles. The van der Waals surface area contributed by atoms with Gasteiger partial charge in [-0.15, -0.1) is 0 Å². The summed E-state index contributed by atoms with van der Waals surface area (Å²) in [6, 6.07) is 1.92. The van der Waals surface area contributed by atoms with Crippen molar-refractivity contribution in [3.8, 4) is 0 Å². The molecule has 0 radical (unpaired) electrons. The second-order valence-electron chi connectivity index (χ2n) is 1.97. The highest BCUT2D eigenvalue weighted by atomic mass is 79.9. The molecule has 0 aliphatic carbocycles. The summed E-state index contributed by atoms with van der Waals surface area (Å²) in [5.74, 6) is -0.799. The van der Waals surface area contributed by atoms with Crippen molar-refractivity contribution in [3.63, 3.8) is 0 Å². The number of nitro benzene ring substituents is 1. The lowest BCUT2D eigenvalue weighted by atomic mass is 10.3. The zero-order valence-corrected chi connectivity index (χ0v) is 7.89. The van der Waals surface area contributed by atoms with E-state index >= 15 is 0 Å². The van der Waals surface area contributed by atoms with Crippen LogP contribution >= 0.6 is 27.5 Å². The zero-order valence-electron chi connectivity index (χ0n) is 5.55. The molecule has 3 nitrogen and oxygen atoms in total. The fourth-order valence-corrected chi connectivity index (χ4v) is 1.44. The Hall–Kier alpha value is -0.680. The molecular weight excluding hydrogens is 252 g/mol. The summed E-state index contributed by atoms with van der Waals surface area (Å²) < 4.78 is 12.8. The van der Waals surface area contributed by atoms with Crippen LogP contribution in [0.1, 0.15) is 0 Å². The molecule has 1 aromatic rings. The van der Waals surface area contributed by atoms with Crippen molar-refractivity contribution < 1.29 is 9.31 Å². The third-order valence-electron chi connectivity index (χ3n) is 1.19. The molecule has 0 N–H and O–H groups in total. The van der Waals surface area contributed by atoms with Crippen molar-refractivity contribution in [2.45, 2.75) is 0 Å². The van der Waals surface area contributed by atoms with Crippen LogP contribution in [0.25, 0.3) is 0 Å². The van der Waals surface area contributed by atoms with Gasteiger partial charge in [-0.05, 0) is 22.0 Å². The molecule has 64 valence electrons. The molecule has 0 saturated carbocycles. The van der Waals surface area contributed by atoms with Gasteiger partial charge in [0.25, 0.3) is 5.69 Å². The quantitative estimate of drug-likeness (QED) is 0.439. The van der Waals surface area contributed by atoms with Gasteiger partial charge in [-0.2, -0.15) is 0 Å². The summed E-state index contributed by atoms with van der Waals surface area (Å²) in [6.07, 6.45) is 0. The number of halogens is 3. The third kappa shape index (κ3) is 1.73. The van der Waals surface area contributed by atoms with Gasteiger partial charge >= 0.3 is 0 Å². The average Bonchev–Trinajstić information content (AvgIpc) is 1.96. The van der Waals surface area contributed by atoms with Crippen molar-refractivity contribution in [2.24, 2.45) is 0 Å². The molecule has 1 rings (SSSR count). The molecule has 0 amide bonds. The molecular formula is C6H2BrClFNO2. The Morgan fingerprint density at radius 1 is 1.58 bits per heavy atom. The minimum Gasteiger partial charge on any atom is -0.258 e. The maximum absolute atomic E-state index is 12.7. The minimum absolute atomic E-state index is 0.146. The van der Waals surface area contributed by atoms with E-state index in [1.165, 1.54) is 0 Å². The molecule has 0 bridgehead atoms. The maximum atomic E-state index is 12.7. The van der Waals surface area contributed by atoms with Gasteiger partial charge in [-0.25, -0.2) is 4.39 Å². The van der Waals surface area contributed by atoms with Gasteiger partial charge in [0, 0.05) is 0 Å². The molecule has 0 unspecified atom stereocenters. The second kappa shape index (κ2) is 3.37. The summed E-state index contributed by atoms with van der Waals surface area (Å²) >= 11 is 8.25. The molecule has 12 heavy (non-hydrogen) atoms. The lowest BCUT2D eigenvalue weighted by Gasteiger charge is -1.96. The highest BCUT2D eigenvalue weighted by Gasteiger charge is 2.15. The normalized spacial score (nSPS) is 9.92. The summed E-state index contributed by atoms with van der Waals surface area (Å²) in [6.45, 7) is 0. The van der Waals surface area contributed by atoms with E-state index in [0.717, 1.165) is 12.1 Å². The lowest BCUT2D eigenvalue weighted by molar-refractivity contribution is -0.385. The van der Waals surface area contributed by atoms with Crippen LogP contribution < -0.4 is 0 Å². The van der Waals surface area contributed by atoms with Crippen molar-refractivity contribution in [3.05, 3.63) is 37.6 Å². The first-order valence-electron chi connectivity index (χ1n) is 2.81. The molecule has 0 fully saturated rings. The number of nitro groups is 1. The number of hydrogen-bond acceptors (Lipinski definition) is 2. The Morgan fingerprint density at radius 3 is 2.67 bits per heavy atom. The Balaban J connectivity index is 3.33. The summed E-state index contributed by atoms with van der Waals surface area (Å²) in [4.78, 5) is 9.56. The number of rotatable bonds is 1. The number of nitrogens with zero attached hydrogens (tertiary/aromatic N) is 1.